The molecule has 8 heteroatoms. The van der Waals surface area contributed by atoms with Crippen LogP contribution in [0.4, 0.5) is 5.69 Å². The first-order valence-electron chi connectivity index (χ1n) is 9.58. The van der Waals surface area contributed by atoms with Crippen LogP contribution in [0, 0.1) is 6.92 Å². The lowest BCUT2D eigenvalue weighted by Gasteiger charge is -2.18. The number of nitrogens with one attached hydrogen (secondary N) is 1. The number of nitrogens with zero attached hydrogens (tertiary/aromatic N) is 1. The van der Waals surface area contributed by atoms with Crippen molar-refractivity contribution < 1.29 is 22.7 Å². The third-order valence-corrected chi connectivity index (χ3v) is 6.70. The Morgan fingerprint density at radius 2 is 1.60 bits per heavy atom. The van der Waals surface area contributed by atoms with Gasteiger partial charge >= 0.3 is 0 Å². The van der Waals surface area contributed by atoms with Crippen LogP contribution in [0.3, 0.4) is 0 Å². The monoisotopic (exact) mass is 432 g/mol. The molecule has 0 saturated carbocycles. The van der Waals surface area contributed by atoms with E-state index in [1.807, 2.05) is 6.92 Å². The van der Waals surface area contributed by atoms with Crippen molar-refractivity contribution in [3.8, 4) is 11.5 Å². The zero-order chi connectivity index (χ0) is 22.3. The number of aryl methyl sites for hydroxylation is 1. The first kappa shape index (κ1) is 23.4. The second-order valence-corrected chi connectivity index (χ2v) is 8.44. The Morgan fingerprint density at radius 1 is 1.03 bits per heavy atom. The van der Waals surface area contributed by atoms with E-state index in [-0.39, 0.29) is 10.8 Å². The number of sulfonamides is 1. The molecule has 0 aromatic heterocycles. The van der Waals surface area contributed by atoms with Crippen molar-refractivity contribution in [1.29, 1.82) is 0 Å². The minimum absolute atomic E-state index is 0.230. The summed E-state index contributed by atoms with van der Waals surface area (Å²) < 4.78 is 37.0. The molecule has 0 unspecified atom stereocenters. The van der Waals surface area contributed by atoms with Gasteiger partial charge in [-0.1, -0.05) is 26.0 Å². The molecule has 0 spiro atoms. The Balaban J connectivity index is 2.12. The normalized spacial score (nSPS) is 11.7. The molecule has 0 aliphatic rings. The molecule has 0 bridgehead atoms. The zero-order valence-corrected chi connectivity index (χ0v) is 18.7. The van der Waals surface area contributed by atoms with E-state index in [4.69, 9.17) is 9.47 Å². The molecule has 162 valence electrons. The van der Waals surface area contributed by atoms with E-state index in [0.717, 1.165) is 5.56 Å². The molecule has 0 aliphatic heterocycles. The number of rotatable bonds is 9. The van der Waals surface area contributed by atoms with Crippen molar-refractivity contribution in [3.63, 3.8) is 0 Å². The van der Waals surface area contributed by atoms with Crippen LogP contribution in [0.15, 0.2) is 47.4 Å². The molecule has 1 amide bonds. The van der Waals surface area contributed by atoms with Crippen LogP contribution in [0.5, 0.6) is 11.5 Å². The van der Waals surface area contributed by atoms with E-state index in [2.05, 4.69) is 5.32 Å². The fourth-order valence-corrected chi connectivity index (χ4v) is 4.38. The zero-order valence-electron chi connectivity index (χ0n) is 17.9. The topological polar surface area (TPSA) is 84.9 Å². The highest BCUT2D eigenvalue weighted by molar-refractivity contribution is 7.89. The van der Waals surface area contributed by atoms with E-state index < -0.39 is 10.0 Å². The van der Waals surface area contributed by atoms with Crippen LogP contribution >= 0.6 is 0 Å². The van der Waals surface area contributed by atoms with Gasteiger partial charge in [-0.05, 0) is 42.3 Å². The van der Waals surface area contributed by atoms with Crippen molar-refractivity contribution in [1.82, 2.24) is 4.31 Å². The minimum atomic E-state index is -3.50. The van der Waals surface area contributed by atoms with Gasteiger partial charge in [0.1, 0.15) is 0 Å². The lowest BCUT2D eigenvalue weighted by molar-refractivity contribution is -0.111. The molecule has 0 radical (unpaired) electrons. The molecule has 2 aromatic rings. The highest BCUT2D eigenvalue weighted by Crippen LogP contribution is 2.32. The molecule has 0 aliphatic carbocycles. The van der Waals surface area contributed by atoms with Gasteiger partial charge in [0.2, 0.25) is 15.9 Å². The van der Waals surface area contributed by atoms with Gasteiger partial charge < -0.3 is 14.8 Å². The van der Waals surface area contributed by atoms with E-state index in [1.54, 1.807) is 63.4 Å². The highest BCUT2D eigenvalue weighted by atomic mass is 32.2. The Kier molecular flexibility index (Phi) is 8.02. The van der Waals surface area contributed by atoms with Crippen LogP contribution < -0.4 is 14.8 Å². The quantitative estimate of drug-likeness (QED) is 0.611. The number of carbonyl (C=O) groups is 1. The third-order valence-electron chi connectivity index (χ3n) is 4.64. The predicted molar refractivity (Wildman–Crippen MR) is 118 cm³/mol. The summed E-state index contributed by atoms with van der Waals surface area (Å²) in [7, 11) is -0.416. The standard InChI is InChI=1S/C22H28N2O5S/c1-6-24(7-2)30(26,27)18-11-8-17(9-12-18)10-13-22(25)23-19-15-21(29-5)20(28-4)14-16(19)3/h8-15H,6-7H2,1-5H3,(H,23,25)/b13-10+. The van der Waals surface area contributed by atoms with E-state index >= 15 is 0 Å². The summed E-state index contributed by atoms with van der Waals surface area (Å²) in [6.45, 7) is 6.29. The second kappa shape index (κ2) is 10.3. The molecule has 0 fully saturated rings. The first-order chi connectivity index (χ1) is 14.3. The largest absolute Gasteiger partial charge is 0.493 e. The average Bonchev–Trinajstić information content (AvgIpc) is 2.74. The molecular weight excluding hydrogens is 404 g/mol. The van der Waals surface area contributed by atoms with Crippen molar-refractivity contribution in [3.05, 3.63) is 53.6 Å². The van der Waals surface area contributed by atoms with Gasteiger partial charge in [0.15, 0.2) is 11.5 Å². The van der Waals surface area contributed by atoms with Gasteiger partial charge in [-0.15, -0.1) is 0 Å². The van der Waals surface area contributed by atoms with Gasteiger partial charge in [-0.3, -0.25) is 4.79 Å². The number of ether oxygens (including phenoxy) is 2. The lowest BCUT2D eigenvalue weighted by atomic mass is 10.1. The first-order valence-corrected chi connectivity index (χ1v) is 11.0. The fraction of sp³-hybridized carbons (Fsp3) is 0.318. The van der Waals surface area contributed by atoms with Crippen molar-refractivity contribution in [2.45, 2.75) is 25.7 Å². The maximum Gasteiger partial charge on any atom is 0.248 e. The van der Waals surface area contributed by atoms with Gasteiger partial charge in [0.25, 0.3) is 0 Å². The number of anilines is 1. The summed E-state index contributed by atoms with van der Waals surface area (Å²) in [5.41, 5.74) is 2.16. The van der Waals surface area contributed by atoms with Crippen molar-refractivity contribution >= 4 is 27.7 Å². The van der Waals surface area contributed by atoms with Crippen molar-refractivity contribution in [2.24, 2.45) is 0 Å². The summed E-state index contributed by atoms with van der Waals surface area (Å²) in [5.74, 6) is 0.792. The molecule has 1 N–H and O–H groups in total. The number of carbonyl (C=O) groups excluding carboxylic acids is 1. The van der Waals surface area contributed by atoms with Crippen LogP contribution in [-0.2, 0) is 14.8 Å². The van der Waals surface area contributed by atoms with Crippen LogP contribution in [0.2, 0.25) is 0 Å². The van der Waals surface area contributed by atoms with Gasteiger partial charge in [0, 0.05) is 30.9 Å². The molecule has 0 saturated heterocycles. The molecule has 0 heterocycles. The minimum Gasteiger partial charge on any atom is -0.493 e. The SMILES string of the molecule is CCN(CC)S(=O)(=O)c1ccc(/C=C/C(=O)Nc2cc(OC)c(OC)cc2C)cc1. The summed E-state index contributed by atoms with van der Waals surface area (Å²) >= 11 is 0. The fourth-order valence-electron chi connectivity index (χ4n) is 2.93. The van der Waals surface area contributed by atoms with Gasteiger partial charge in [-0.25, -0.2) is 8.42 Å². The summed E-state index contributed by atoms with van der Waals surface area (Å²) in [6.07, 6.45) is 3.02. The van der Waals surface area contributed by atoms with Crippen molar-refractivity contribution in [2.75, 3.05) is 32.6 Å². The van der Waals surface area contributed by atoms with Crippen LogP contribution in [-0.4, -0.2) is 45.9 Å². The second-order valence-electron chi connectivity index (χ2n) is 6.50. The van der Waals surface area contributed by atoms with E-state index in [9.17, 15) is 13.2 Å². The Bertz CT molecular complexity index is 1010. The number of amides is 1. The Morgan fingerprint density at radius 3 is 2.13 bits per heavy atom. The highest BCUT2D eigenvalue weighted by Gasteiger charge is 2.20. The Hall–Kier alpha value is -2.84. The molecule has 2 aromatic carbocycles. The maximum absolute atomic E-state index is 12.5. The Labute approximate surface area is 178 Å². The van der Waals surface area contributed by atoms with E-state index in [0.29, 0.717) is 35.8 Å². The smallest absolute Gasteiger partial charge is 0.248 e. The van der Waals surface area contributed by atoms with Gasteiger partial charge in [-0.2, -0.15) is 4.31 Å². The predicted octanol–water partition coefficient (Wildman–Crippen LogP) is 3.69. The molecular formula is C22H28N2O5S. The summed E-state index contributed by atoms with van der Waals surface area (Å²) in [5, 5.41) is 2.81. The lowest BCUT2D eigenvalue weighted by Crippen LogP contribution is -2.30. The third kappa shape index (κ3) is 5.40. The summed E-state index contributed by atoms with van der Waals surface area (Å²) in [6, 6.07) is 9.91. The molecule has 30 heavy (non-hydrogen) atoms. The molecule has 7 nitrogen and oxygen atoms in total. The van der Waals surface area contributed by atoms with Crippen LogP contribution in [0.1, 0.15) is 25.0 Å². The average molecular weight is 433 g/mol. The van der Waals surface area contributed by atoms with E-state index in [1.165, 1.54) is 17.5 Å². The number of methoxy groups -OCH3 is 2. The number of hydrogen-bond acceptors (Lipinski definition) is 5. The molecule has 0 atom stereocenters. The molecule has 2 rings (SSSR count). The maximum atomic E-state index is 12.5. The number of hydrogen-bond donors (Lipinski definition) is 1. The summed E-state index contributed by atoms with van der Waals surface area (Å²) in [4.78, 5) is 12.5. The van der Waals surface area contributed by atoms with Crippen LogP contribution in [0.25, 0.3) is 6.08 Å². The van der Waals surface area contributed by atoms with Gasteiger partial charge in [0.05, 0.1) is 19.1 Å². The number of benzene rings is 2.